The number of hydrogen-bond acceptors (Lipinski definition) is 4. The van der Waals surface area contributed by atoms with Crippen molar-refractivity contribution in [1.82, 2.24) is 15.1 Å². The van der Waals surface area contributed by atoms with E-state index in [1.807, 2.05) is 17.1 Å². The second-order valence-corrected chi connectivity index (χ2v) is 6.05. The summed E-state index contributed by atoms with van der Waals surface area (Å²) in [5.74, 6) is 0.0191. The molecule has 1 aromatic rings. The van der Waals surface area contributed by atoms with E-state index in [0.29, 0.717) is 25.6 Å². The molecule has 0 bridgehead atoms. The molecule has 17 heavy (non-hydrogen) atoms. The molecule has 0 spiro atoms. The van der Waals surface area contributed by atoms with Crippen molar-refractivity contribution in [3.8, 4) is 0 Å². The molecule has 0 amide bonds. The summed E-state index contributed by atoms with van der Waals surface area (Å²) < 4.78 is 23.2. The second kappa shape index (κ2) is 6.13. The fourth-order valence-corrected chi connectivity index (χ4v) is 1.93. The van der Waals surface area contributed by atoms with Gasteiger partial charge in [0.05, 0.1) is 11.9 Å². The van der Waals surface area contributed by atoms with Crippen LogP contribution in [0.25, 0.3) is 0 Å². The summed E-state index contributed by atoms with van der Waals surface area (Å²) in [6.45, 7) is 5.45. The van der Waals surface area contributed by atoms with Crippen LogP contribution in [0.5, 0.6) is 0 Å². The quantitative estimate of drug-likeness (QED) is 0.687. The summed E-state index contributed by atoms with van der Waals surface area (Å²) in [6.07, 6.45) is 4.32. The van der Waals surface area contributed by atoms with Crippen molar-refractivity contribution in [2.24, 2.45) is 5.14 Å². The van der Waals surface area contributed by atoms with E-state index in [1.165, 1.54) is 0 Å². The topological polar surface area (TPSA) is 90.0 Å². The van der Waals surface area contributed by atoms with Crippen LogP contribution in [0.4, 0.5) is 0 Å². The standard InChI is InChI=1S/C10H20N4O2S/c1-9(2)14-8-10(7-13-14)6-12-4-3-5-17(11,15)16/h7-9,12H,3-6H2,1-2H3,(H2,11,15,16). The third-order valence-corrected chi connectivity index (χ3v) is 3.15. The van der Waals surface area contributed by atoms with Gasteiger partial charge in [0.2, 0.25) is 10.0 Å². The van der Waals surface area contributed by atoms with Gasteiger partial charge in [0.15, 0.2) is 0 Å². The SMILES string of the molecule is CC(C)n1cc(CNCCCS(N)(=O)=O)cn1. The molecule has 6 nitrogen and oxygen atoms in total. The lowest BCUT2D eigenvalue weighted by Crippen LogP contribution is -2.21. The van der Waals surface area contributed by atoms with Gasteiger partial charge in [-0.2, -0.15) is 5.10 Å². The maximum absolute atomic E-state index is 10.7. The molecule has 1 rings (SSSR count). The zero-order valence-electron chi connectivity index (χ0n) is 10.3. The van der Waals surface area contributed by atoms with Crippen LogP contribution in [0, 0.1) is 0 Å². The minimum atomic E-state index is -3.33. The van der Waals surface area contributed by atoms with Crippen molar-refractivity contribution in [2.45, 2.75) is 32.9 Å². The highest BCUT2D eigenvalue weighted by atomic mass is 32.2. The lowest BCUT2D eigenvalue weighted by molar-refractivity contribution is 0.531. The molecular formula is C10H20N4O2S. The van der Waals surface area contributed by atoms with E-state index in [1.54, 1.807) is 0 Å². The molecule has 3 N–H and O–H groups in total. The highest BCUT2D eigenvalue weighted by Crippen LogP contribution is 2.04. The van der Waals surface area contributed by atoms with E-state index in [9.17, 15) is 8.42 Å². The molecule has 0 aliphatic rings. The fourth-order valence-electron chi connectivity index (χ4n) is 1.38. The number of nitrogens with two attached hydrogens (primary N) is 1. The molecule has 0 atom stereocenters. The van der Waals surface area contributed by atoms with Gasteiger partial charge < -0.3 is 5.32 Å². The van der Waals surface area contributed by atoms with Gasteiger partial charge in [-0.3, -0.25) is 4.68 Å². The lowest BCUT2D eigenvalue weighted by atomic mass is 10.3. The first-order chi connectivity index (χ1) is 7.88. The number of sulfonamides is 1. The molecule has 7 heteroatoms. The number of aromatic nitrogens is 2. The summed E-state index contributed by atoms with van der Waals surface area (Å²) >= 11 is 0. The van der Waals surface area contributed by atoms with E-state index >= 15 is 0 Å². The Kier molecular flexibility index (Phi) is 5.10. The van der Waals surface area contributed by atoms with E-state index < -0.39 is 10.0 Å². The van der Waals surface area contributed by atoms with Crippen LogP contribution >= 0.6 is 0 Å². The largest absolute Gasteiger partial charge is 0.313 e. The maximum Gasteiger partial charge on any atom is 0.209 e. The predicted octanol–water partition coefficient (Wildman–Crippen LogP) is 0.232. The van der Waals surface area contributed by atoms with Gasteiger partial charge in [0.25, 0.3) is 0 Å². The van der Waals surface area contributed by atoms with Crippen LogP contribution in [-0.4, -0.2) is 30.5 Å². The highest BCUT2D eigenvalue weighted by molar-refractivity contribution is 7.89. The molecule has 0 radical (unpaired) electrons. The van der Waals surface area contributed by atoms with Crippen molar-refractivity contribution in [1.29, 1.82) is 0 Å². The Morgan fingerprint density at radius 3 is 2.76 bits per heavy atom. The van der Waals surface area contributed by atoms with E-state index in [0.717, 1.165) is 5.56 Å². The Morgan fingerprint density at radius 2 is 2.24 bits per heavy atom. The first-order valence-electron chi connectivity index (χ1n) is 5.63. The van der Waals surface area contributed by atoms with Gasteiger partial charge >= 0.3 is 0 Å². The Labute approximate surface area is 102 Å². The van der Waals surface area contributed by atoms with Gasteiger partial charge in [-0.05, 0) is 26.8 Å². The van der Waals surface area contributed by atoms with Crippen LogP contribution in [0.2, 0.25) is 0 Å². The average molecular weight is 260 g/mol. The van der Waals surface area contributed by atoms with E-state index in [-0.39, 0.29) is 5.75 Å². The molecular weight excluding hydrogens is 240 g/mol. The number of rotatable bonds is 7. The lowest BCUT2D eigenvalue weighted by Gasteiger charge is -2.04. The van der Waals surface area contributed by atoms with Crippen molar-refractivity contribution in [3.05, 3.63) is 18.0 Å². The Balaban J connectivity index is 2.22. The summed E-state index contributed by atoms with van der Waals surface area (Å²) in [4.78, 5) is 0. The van der Waals surface area contributed by atoms with E-state index in [4.69, 9.17) is 5.14 Å². The number of nitrogens with zero attached hydrogens (tertiary/aromatic N) is 2. The molecule has 0 aliphatic heterocycles. The molecule has 98 valence electrons. The van der Waals surface area contributed by atoms with Crippen LogP contribution in [0.15, 0.2) is 12.4 Å². The summed E-state index contributed by atoms with van der Waals surface area (Å²) in [5.41, 5.74) is 1.09. The highest BCUT2D eigenvalue weighted by Gasteiger charge is 2.03. The molecule has 0 fully saturated rings. The third-order valence-electron chi connectivity index (χ3n) is 2.30. The zero-order chi connectivity index (χ0) is 12.9. The molecule has 0 aromatic carbocycles. The second-order valence-electron chi connectivity index (χ2n) is 4.32. The molecule has 0 saturated heterocycles. The fraction of sp³-hybridized carbons (Fsp3) is 0.700. The Bertz CT molecular complexity index is 439. The van der Waals surface area contributed by atoms with Gasteiger partial charge in [-0.1, -0.05) is 0 Å². The number of primary sulfonamides is 1. The average Bonchev–Trinajstić information content (AvgIpc) is 2.64. The van der Waals surface area contributed by atoms with Crippen molar-refractivity contribution in [2.75, 3.05) is 12.3 Å². The van der Waals surface area contributed by atoms with Crippen LogP contribution in [-0.2, 0) is 16.6 Å². The molecule has 0 aliphatic carbocycles. The van der Waals surface area contributed by atoms with Crippen molar-refractivity contribution in [3.63, 3.8) is 0 Å². The molecule has 1 aromatic heterocycles. The predicted molar refractivity (Wildman–Crippen MR) is 66.9 cm³/mol. The van der Waals surface area contributed by atoms with Crippen molar-refractivity contribution < 1.29 is 8.42 Å². The molecule has 1 heterocycles. The van der Waals surface area contributed by atoms with Crippen LogP contribution in [0.1, 0.15) is 31.9 Å². The molecule has 0 saturated carbocycles. The normalized spacial score (nSPS) is 12.2. The molecule has 0 unspecified atom stereocenters. The van der Waals surface area contributed by atoms with Gasteiger partial charge in [-0.25, -0.2) is 13.6 Å². The zero-order valence-corrected chi connectivity index (χ0v) is 11.1. The summed E-state index contributed by atoms with van der Waals surface area (Å²) in [7, 11) is -3.33. The first-order valence-corrected chi connectivity index (χ1v) is 7.34. The number of hydrogen-bond donors (Lipinski definition) is 2. The van der Waals surface area contributed by atoms with E-state index in [2.05, 4.69) is 24.3 Å². The minimum Gasteiger partial charge on any atom is -0.313 e. The first kappa shape index (κ1) is 14.1. The van der Waals surface area contributed by atoms with Crippen LogP contribution in [0.3, 0.4) is 0 Å². The van der Waals surface area contributed by atoms with Gasteiger partial charge in [0.1, 0.15) is 0 Å². The Hall–Kier alpha value is -0.920. The minimum absolute atomic E-state index is 0.0191. The third kappa shape index (κ3) is 5.81. The Morgan fingerprint density at radius 1 is 1.53 bits per heavy atom. The van der Waals surface area contributed by atoms with Gasteiger partial charge in [-0.15, -0.1) is 0 Å². The van der Waals surface area contributed by atoms with Crippen molar-refractivity contribution >= 4 is 10.0 Å². The van der Waals surface area contributed by atoms with Crippen LogP contribution < -0.4 is 10.5 Å². The van der Waals surface area contributed by atoms with Gasteiger partial charge in [0, 0.05) is 24.3 Å². The monoisotopic (exact) mass is 260 g/mol. The summed E-state index contributed by atoms with van der Waals surface area (Å²) in [6, 6.07) is 0.353. The number of nitrogens with one attached hydrogen (secondary N) is 1. The summed E-state index contributed by atoms with van der Waals surface area (Å²) in [5, 5.41) is 12.3. The smallest absolute Gasteiger partial charge is 0.209 e. The maximum atomic E-state index is 10.7.